The Labute approximate surface area is 158 Å². The van der Waals surface area contributed by atoms with E-state index >= 15 is 0 Å². The van der Waals surface area contributed by atoms with Gasteiger partial charge in [0.1, 0.15) is 0 Å². The fourth-order valence-corrected chi connectivity index (χ4v) is 3.64. The number of hydrogen-bond donors (Lipinski definition) is 1. The molecular weight excluding hydrogens is 381 g/mol. The molecule has 0 radical (unpaired) electrons. The molecule has 0 spiro atoms. The maximum absolute atomic E-state index is 12.8. The second-order valence-electron chi connectivity index (χ2n) is 5.46. The number of aromatic nitrogens is 1. The van der Waals surface area contributed by atoms with Crippen LogP contribution in [0.3, 0.4) is 0 Å². The standard InChI is InChI=1S/C17H15F3N4S2/c18-17(19,20)13-2-1-3-14(10-13)23-15(25)24-8-9-26-16(24)22-11-12-4-6-21-7-5-12/h1-7,10H,8-9,11H2,(H,23,25). The average molecular weight is 396 g/mol. The number of rotatable bonds is 3. The Bertz CT molecular complexity index is 809. The lowest BCUT2D eigenvalue weighted by molar-refractivity contribution is -0.137. The van der Waals surface area contributed by atoms with Crippen LogP contribution >= 0.6 is 24.0 Å². The number of benzene rings is 1. The number of alkyl halides is 3. The first-order chi connectivity index (χ1) is 12.4. The molecule has 26 heavy (non-hydrogen) atoms. The van der Waals surface area contributed by atoms with Gasteiger partial charge in [-0.25, -0.2) is 0 Å². The Balaban J connectivity index is 1.69. The quantitative estimate of drug-likeness (QED) is 0.779. The number of hydrogen-bond acceptors (Lipinski definition) is 4. The molecule has 0 atom stereocenters. The van der Waals surface area contributed by atoms with Gasteiger partial charge in [0.15, 0.2) is 10.3 Å². The third kappa shape index (κ3) is 4.73. The number of amidine groups is 1. The van der Waals surface area contributed by atoms with Gasteiger partial charge in [-0.2, -0.15) is 13.2 Å². The van der Waals surface area contributed by atoms with Crippen molar-refractivity contribution in [3.05, 3.63) is 59.9 Å². The molecule has 4 nitrogen and oxygen atoms in total. The third-order valence-electron chi connectivity index (χ3n) is 3.61. The number of aliphatic imine (C=N–C) groups is 1. The zero-order valence-corrected chi connectivity index (χ0v) is 15.2. The summed E-state index contributed by atoms with van der Waals surface area (Å²) in [6.07, 6.45) is -0.982. The van der Waals surface area contributed by atoms with Crippen LogP contribution in [0, 0.1) is 0 Å². The molecule has 2 aromatic rings. The predicted octanol–water partition coefficient (Wildman–Crippen LogP) is 4.40. The number of halogens is 3. The average Bonchev–Trinajstić information content (AvgIpc) is 3.09. The number of nitrogens with zero attached hydrogens (tertiary/aromatic N) is 3. The first kappa shape index (κ1) is 18.7. The molecule has 0 amide bonds. The summed E-state index contributed by atoms with van der Waals surface area (Å²) >= 11 is 6.94. The van der Waals surface area contributed by atoms with Crippen LogP contribution in [0.4, 0.5) is 18.9 Å². The van der Waals surface area contributed by atoms with Crippen LogP contribution in [-0.4, -0.2) is 32.5 Å². The van der Waals surface area contributed by atoms with Gasteiger partial charge in [-0.05, 0) is 48.1 Å². The summed E-state index contributed by atoms with van der Waals surface area (Å²) in [4.78, 5) is 10.3. The van der Waals surface area contributed by atoms with E-state index in [1.165, 1.54) is 6.07 Å². The van der Waals surface area contributed by atoms with E-state index in [1.54, 1.807) is 35.1 Å². The van der Waals surface area contributed by atoms with E-state index in [0.717, 1.165) is 28.6 Å². The van der Waals surface area contributed by atoms with Crippen molar-refractivity contribution in [1.29, 1.82) is 0 Å². The van der Waals surface area contributed by atoms with Gasteiger partial charge in [0.2, 0.25) is 0 Å². The van der Waals surface area contributed by atoms with E-state index < -0.39 is 11.7 Å². The monoisotopic (exact) mass is 396 g/mol. The molecule has 0 unspecified atom stereocenters. The summed E-state index contributed by atoms with van der Waals surface area (Å²) in [7, 11) is 0. The molecule has 1 aliphatic heterocycles. The molecule has 3 rings (SSSR count). The molecule has 1 aromatic carbocycles. The minimum atomic E-state index is -4.39. The summed E-state index contributed by atoms with van der Waals surface area (Å²) < 4.78 is 38.5. The van der Waals surface area contributed by atoms with E-state index in [2.05, 4.69) is 15.3 Å². The Morgan fingerprint density at radius 3 is 2.77 bits per heavy atom. The van der Waals surface area contributed by atoms with Crippen LogP contribution in [0.1, 0.15) is 11.1 Å². The van der Waals surface area contributed by atoms with Crippen LogP contribution in [0.2, 0.25) is 0 Å². The third-order valence-corrected chi connectivity index (χ3v) is 4.93. The Kier molecular flexibility index (Phi) is 5.77. The molecule has 0 aliphatic carbocycles. The van der Waals surface area contributed by atoms with Crippen molar-refractivity contribution in [3.63, 3.8) is 0 Å². The van der Waals surface area contributed by atoms with Gasteiger partial charge in [0.05, 0.1) is 12.1 Å². The highest BCUT2D eigenvalue weighted by Crippen LogP contribution is 2.31. The van der Waals surface area contributed by atoms with Gasteiger partial charge in [-0.3, -0.25) is 14.9 Å². The lowest BCUT2D eigenvalue weighted by atomic mass is 10.2. The largest absolute Gasteiger partial charge is 0.416 e. The zero-order chi connectivity index (χ0) is 18.6. The van der Waals surface area contributed by atoms with Crippen molar-refractivity contribution in [2.75, 3.05) is 17.6 Å². The van der Waals surface area contributed by atoms with Crippen molar-refractivity contribution in [2.24, 2.45) is 4.99 Å². The summed E-state index contributed by atoms with van der Waals surface area (Å²) in [5.74, 6) is 0.819. The Hall–Kier alpha value is -2.13. The second-order valence-corrected chi connectivity index (χ2v) is 6.91. The van der Waals surface area contributed by atoms with Gasteiger partial charge in [-0.1, -0.05) is 17.8 Å². The highest BCUT2D eigenvalue weighted by atomic mass is 32.2. The minimum Gasteiger partial charge on any atom is -0.332 e. The molecule has 0 bridgehead atoms. The van der Waals surface area contributed by atoms with E-state index in [1.807, 2.05) is 12.1 Å². The number of thioether (sulfide) groups is 1. The second kappa shape index (κ2) is 8.05. The highest BCUT2D eigenvalue weighted by molar-refractivity contribution is 8.14. The maximum Gasteiger partial charge on any atom is 0.416 e. The molecule has 9 heteroatoms. The van der Waals surface area contributed by atoms with Gasteiger partial charge >= 0.3 is 6.18 Å². The Morgan fingerprint density at radius 1 is 1.27 bits per heavy atom. The summed E-state index contributed by atoms with van der Waals surface area (Å²) in [6, 6.07) is 8.74. The fraction of sp³-hybridized carbons (Fsp3) is 0.235. The fourth-order valence-electron chi connectivity index (χ4n) is 2.33. The summed E-state index contributed by atoms with van der Waals surface area (Å²) in [6.45, 7) is 1.15. The molecule has 2 heterocycles. The van der Waals surface area contributed by atoms with Crippen LogP contribution in [0.15, 0.2) is 53.8 Å². The first-order valence-corrected chi connectivity index (χ1v) is 9.15. The van der Waals surface area contributed by atoms with Gasteiger partial charge < -0.3 is 5.32 Å². The van der Waals surface area contributed by atoms with E-state index in [9.17, 15) is 13.2 Å². The molecule has 1 saturated heterocycles. The smallest absolute Gasteiger partial charge is 0.332 e. The Morgan fingerprint density at radius 2 is 2.04 bits per heavy atom. The van der Waals surface area contributed by atoms with Crippen molar-refractivity contribution < 1.29 is 13.2 Å². The zero-order valence-electron chi connectivity index (χ0n) is 13.5. The molecule has 136 valence electrons. The minimum absolute atomic E-state index is 0.301. The SMILES string of the molecule is FC(F)(F)c1cccc(NC(=S)N2CCSC2=NCc2ccncc2)c1. The molecule has 1 aliphatic rings. The van der Waals surface area contributed by atoms with Gasteiger partial charge in [0.25, 0.3) is 0 Å². The van der Waals surface area contributed by atoms with Crippen molar-refractivity contribution >= 4 is 39.9 Å². The van der Waals surface area contributed by atoms with Crippen molar-refractivity contribution in [1.82, 2.24) is 9.88 Å². The van der Waals surface area contributed by atoms with E-state index in [0.29, 0.717) is 23.9 Å². The van der Waals surface area contributed by atoms with Gasteiger partial charge in [0, 0.05) is 30.4 Å². The summed E-state index contributed by atoms with van der Waals surface area (Å²) in [5.41, 5.74) is 0.611. The normalized spacial score (nSPS) is 16.1. The van der Waals surface area contributed by atoms with E-state index in [-0.39, 0.29) is 0 Å². The van der Waals surface area contributed by atoms with Crippen molar-refractivity contribution in [2.45, 2.75) is 12.7 Å². The lowest BCUT2D eigenvalue weighted by Crippen LogP contribution is -2.35. The van der Waals surface area contributed by atoms with Crippen LogP contribution in [0.25, 0.3) is 0 Å². The molecule has 1 N–H and O–H groups in total. The topological polar surface area (TPSA) is 40.5 Å². The van der Waals surface area contributed by atoms with Crippen molar-refractivity contribution in [3.8, 4) is 0 Å². The van der Waals surface area contributed by atoms with E-state index in [4.69, 9.17) is 12.2 Å². The number of thiocarbonyl (C=S) groups is 1. The van der Waals surface area contributed by atoms with Crippen LogP contribution in [0.5, 0.6) is 0 Å². The molecule has 1 fully saturated rings. The first-order valence-electron chi connectivity index (χ1n) is 7.75. The number of anilines is 1. The lowest BCUT2D eigenvalue weighted by Gasteiger charge is -2.20. The summed E-state index contributed by atoms with van der Waals surface area (Å²) in [5, 5.41) is 3.97. The molecule has 0 saturated carbocycles. The number of nitrogens with one attached hydrogen (secondary N) is 1. The van der Waals surface area contributed by atoms with Crippen LogP contribution < -0.4 is 5.32 Å². The number of pyridine rings is 1. The molecule has 1 aromatic heterocycles. The highest BCUT2D eigenvalue weighted by Gasteiger charge is 2.30. The predicted molar refractivity (Wildman–Crippen MR) is 102 cm³/mol. The van der Waals surface area contributed by atoms with Gasteiger partial charge in [-0.15, -0.1) is 0 Å². The molecular formula is C17H15F3N4S2. The van der Waals surface area contributed by atoms with Crippen LogP contribution in [-0.2, 0) is 12.7 Å². The maximum atomic E-state index is 12.8.